The van der Waals surface area contributed by atoms with Crippen LogP contribution in [0.5, 0.6) is 0 Å². The molecule has 1 amide bonds. The molecule has 2 aromatic rings. The van der Waals surface area contributed by atoms with Crippen LogP contribution in [0, 0.1) is 0 Å². The van der Waals surface area contributed by atoms with Crippen molar-refractivity contribution in [1.29, 1.82) is 0 Å². The van der Waals surface area contributed by atoms with Gasteiger partial charge in [-0.2, -0.15) is 0 Å². The summed E-state index contributed by atoms with van der Waals surface area (Å²) in [6.45, 7) is 1.62. The van der Waals surface area contributed by atoms with Crippen LogP contribution in [-0.4, -0.2) is 16.3 Å². The molecule has 3 rings (SSSR count). The van der Waals surface area contributed by atoms with Crippen LogP contribution in [-0.2, 0) is 17.6 Å². The second kappa shape index (κ2) is 4.94. The van der Waals surface area contributed by atoms with E-state index in [4.69, 9.17) is 11.6 Å². The van der Waals surface area contributed by atoms with E-state index in [1.54, 1.807) is 13.0 Å². The molecule has 104 valence electrons. The number of rotatable bonds is 2. The van der Waals surface area contributed by atoms with Crippen molar-refractivity contribution in [3.8, 4) is 0 Å². The number of fused-ring (bicyclic) bond motifs is 3. The number of nitrogens with one attached hydrogen (secondary N) is 2. The van der Waals surface area contributed by atoms with Crippen molar-refractivity contribution in [3.05, 3.63) is 39.7 Å². The van der Waals surface area contributed by atoms with Crippen LogP contribution < -0.4 is 10.9 Å². The van der Waals surface area contributed by atoms with Crippen LogP contribution in [0.25, 0.3) is 10.9 Å². The van der Waals surface area contributed by atoms with Gasteiger partial charge >= 0.3 is 0 Å². The molecule has 4 nitrogen and oxygen atoms in total. The van der Waals surface area contributed by atoms with Gasteiger partial charge < -0.3 is 10.3 Å². The Labute approximate surface area is 121 Å². The average Bonchev–Trinajstić information content (AvgIpc) is 2.88. The first-order valence-electron chi connectivity index (χ1n) is 6.69. The number of H-pyrrole nitrogens is 1. The van der Waals surface area contributed by atoms with E-state index in [9.17, 15) is 9.59 Å². The number of pyridine rings is 1. The lowest BCUT2D eigenvalue weighted by atomic mass is 10.1. The number of alkyl halides is 1. The monoisotopic (exact) mass is 290 g/mol. The van der Waals surface area contributed by atoms with Crippen LogP contribution in [0.2, 0.25) is 0 Å². The minimum atomic E-state index is -0.593. The Morgan fingerprint density at radius 2 is 2.10 bits per heavy atom. The molecule has 1 aromatic carbocycles. The topological polar surface area (TPSA) is 62.0 Å². The molecule has 5 heteroatoms. The molecule has 1 aliphatic rings. The predicted octanol–water partition coefficient (Wildman–Crippen LogP) is 2.58. The van der Waals surface area contributed by atoms with E-state index >= 15 is 0 Å². The highest BCUT2D eigenvalue weighted by atomic mass is 35.5. The maximum Gasteiger partial charge on any atom is 0.251 e. The fourth-order valence-electron chi connectivity index (χ4n) is 2.72. The summed E-state index contributed by atoms with van der Waals surface area (Å²) >= 11 is 5.73. The third-order valence-electron chi connectivity index (χ3n) is 3.71. The number of aryl methyl sites for hydroxylation is 1. The molecule has 20 heavy (non-hydrogen) atoms. The maximum absolute atomic E-state index is 12.0. The molecule has 0 spiro atoms. The smallest absolute Gasteiger partial charge is 0.251 e. The summed E-state index contributed by atoms with van der Waals surface area (Å²) < 4.78 is 0. The number of benzene rings is 1. The fourth-order valence-corrected chi connectivity index (χ4v) is 2.77. The quantitative estimate of drug-likeness (QED) is 0.835. The van der Waals surface area contributed by atoms with Gasteiger partial charge in [0.25, 0.3) is 5.56 Å². The number of carbonyl (C=O) groups excluding carboxylic acids is 1. The highest BCUT2D eigenvalue weighted by Gasteiger charge is 2.18. The largest absolute Gasteiger partial charge is 0.325 e. The van der Waals surface area contributed by atoms with Gasteiger partial charge in [-0.15, -0.1) is 11.6 Å². The third kappa shape index (κ3) is 2.20. The van der Waals surface area contributed by atoms with Crippen molar-refractivity contribution >= 4 is 34.1 Å². The number of halogens is 1. The van der Waals surface area contributed by atoms with Crippen LogP contribution in [0.15, 0.2) is 23.0 Å². The highest BCUT2D eigenvalue weighted by molar-refractivity contribution is 6.32. The molecule has 2 N–H and O–H groups in total. The summed E-state index contributed by atoms with van der Waals surface area (Å²) in [5.41, 5.74) is 3.44. The second-order valence-electron chi connectivity index (χ2n) is 5.13. The molecule has 0 bridgehead atoms. The van der Waals surface area contributed by atoms with E-state index in [0.29, 0.717) is 5.69 Å². The molecular formula is C15H15ClN2O2. The molecule has 0 saturated heterocycles. The van der Waals surface area contributed by atoms with Crippen molar-refractivity contribution in [2.75, 3.05) is 5.32 Å². The standard InChI is InChI=1S/C15H15ClN2O2/c1-8(16)14(19)17-9-5-6-11-10-3-2-4-12(10)15(20)18-13(11)7-9/h5-8H,2-4H2,1H3,(H,17,19)(H,18,20). The lowest BCUT2D eigenvalue weighted by Gasteiger charge is -2.09. The van der Waals surface area contributed by atoms with Gasteiger partial charge in [0.15, 0.2) is 0 Å². The molecule has 0 fully saturated rings. The summed E-state index contributed by atoms with van der Waals surface area (Å²) in [5, 5.41) is 3.20. The molecule has 0 saturated carbocycles. The van der Waals surface area contributed by atoms with Gasteiger partial charge in [0.2, 0.25) is 5.91 Å². The molecule has 1 unspecified atom stereocenters. The Hall–Kier alpha value is -1.81. The van der Waals surface area contributed by atoms with E-state index in [0.717, 1.165) is 41.3 Å². The van der Waals surface area contributed by atoms with E-state index in [1.165, 1.54) is 0 Å². The highest BCUT2D eigenvalue weighted by Crippen LogP contribution is 2.27. The Bertz CT molecular complexity index is 749. The van der Waals surface area contributed by atoms with Crippen molar-refractivity contribution in [1.82, 2.24) is 4.98 Å². The number of aromatic nitrogens is 1. The van der Waals surface area contributed by atoms with Crippen molar-refractivity contribution in [2.45, 2.75) is 31.6 Å². The molecule has 0 radical (unpaired) electrons. The zero-order valence-corrected chi connectivity index (χ0v) is 11.9. The molecule has 1 heterocycles. The van der Waals surface area contributed by atoms with Gasteiger partial charge in [-0.25, -0.2) is 0 Å². The average molecular weight is 291 g/mol. The van der Waals surface area contributed by atoms with Gasteiger partial charge in [-0.3, -0.25) is 9.59 Å². The zero-order valence-electron chi connectivity index (χ0n) is 11.1. The summed E-state index contributed by atoms with van der Waals surface area (Å²) in [4.78, 5) is 26.5. The normalized spacial score (nSPS) is 15.1. The number of hydrogen-bond donors (Lipinski definition) is 2. The first-order valence-corrected chi connectivity index (χ1v) is 7.12. The van der Waals surface area contributed by atoms with Crippen LogP contribution in [0.4, 0.5) is 5.69 Å². The van der Waals surface area contributed by atoms with Crippen molar-refractivity contribution in [2.24, 2.45) is 0 Å². The first-order chi connectivity index (χ1) is 9.56. The van der Waals surface area contributed by atoms with E-state index in [-0.39, 0.29) is 11.5 Å². The molecule has 1 atom stereocenters. The van der Waals surface area contributed by atoms with Gasteiger partial charge in [-0.1, -0.05) is 6.07 Å². The van der Waals surface area contributed by atoms with Gasteiger partial charge in [0, 0.05) is 16.6 Å². The van der Waals surface area contributed by atoms with Gasteiger partial charge in [0.05, 0.1) is 5.52 Å². The minimum Gasteiger partial charge on any atom is -0.325 e. The number of anilines is 1. The van der Waals surface area contributed by atoms with E-state index in [2.05, 4.69) is 10.3 Å². The van der Waals surface area contributed by atoms with Crippen LogP contribution in [0.1, 0.15) is 24.5 Å². The Morgan fingerprint density at radius 3 is 2.85 bits per heavy atom. The summed E-state index contributed by atoms with van der Waals surface area (Å²) in [5.74, 6) is -0.255. The zero-order chi connectivity index (χ0) is 14.3. The lowest BCUT2D eigenvalue weighted by molar-refractivity contribution is -0.115. The Kier molecular flexibility index (Phi) is 3.26. The third-order valence-corrected chi connectivity index (χ3v) is 3.91. The Balaban J connectivity index is 2.07. The van der Waals surface area contributed by atoms with Crippen molar-refractivity contribution < 1.29 is 4.79 Å². The van der Waals surface area contributed by atoms with E-state index in [1.807, 2.05) is 12.1 Å². The van der Waals surface area contributed by atoms with Crippen LogP contribution >= 0.6 is 11.6 Å². The van der Waals surface area contributed by atoms with Gasteiger partial charge in [-0.05, 0) is 43.9 Å². The molecule has 1 aliphatic carbocycles. The Morgan fingerprint density at radius 1 is 1.35 bits per heavy atom. The number of aromatic amines is 1. The number of carbonyl (C=O) groups is 1. The summed E-state index contributed by atoms with van der Waals surface area (Å²) in [6, 6.07) is 5.58. The summed E-state index contributed by atoms with van der Waals surface area (Å²) in [6.07, 6.45) is 2.82. The SMILES string of the molecule is CC(Cl)C(=O)Nc1ccc2c3c(c(=O)[nH]c2c1)CCC3. The van der Waals surface area contributed by atoms with Crippen molar-refractivity contribution in [3.63, 3.8) is 0 Å². The summed E-state index contributed by atoms with van der Waals surface area (Å²) in [7, 11) is 0. The predicted molar refractivity (Wildman–Crippen MR) is 80.5 cm³/mol. The number of hydrogen-bond acceptors (Lipinski definition) is 2. The number of amides is 1. The maximum atomic E-state index is 12.0. The molecule has 1 aromatic heterocycles. The van der Waals surface area contributed by atoms with E-state index < -0.39 is 5.38 Å². The lowest BCUT2D eigenvalue weighted by Crippen LogP contribution is -2.20. The molecular weight excluding hydrogens is 276 g/mol. The minimum absolute atomic E-state index is 0.0146. The second-order valence-corrected chi connectivity index (χ2v) is 5.79. The fraction of sp³-hybridized carbons (Fsp3) is 0.333. The molecule has 0 aliphatic heterocycles. The first kappa shape index (κ1) is 13.2. The van der Waals surface area contributed by atoms with Gasteiger partial charge in [0.1, 0.15) is 5.38 Å². The van der Waals surface area contributed by atoms with Crippen LogP contribution in [0.3, 0.4) is 0 Å².